The lowest BCUT2D eigenvalue weighted by Crippen LogP contribution is -2.26. The quantitative estimate of drug-likeness (QED) is 0.811. The fourth-order valence-corrected chi connectivity index (χ4v) is 1.68. The van der Waals surface area contributed by atoms with E-state index in [2.05, 4.69) is 21.2 Å². The van der Waals surface area contributed by atoms with Gasteiger partial charge < -0.3 is 11.1 Å². The normalized spacial score (nSPS) is 10.0. The van der Waals surface area contributed by atoms with Gasteiger partial charge in [0.15, 0.2) is 0 Å². The van der Waals surface area contributed by atoms with E-state index >= 15 is 0 Å². The number of nitrogens with one attached hydrogen (secondary N) is 1. The number of carbonyl (C=O) groups excluding carboxylic acids is 2. The molecule has 1 rings (SSSR count). The maximum Gasteiger partial charge on any atom is 0.252 e. The fraction of sp³-hybridized carbons (Fsp3) is 0.273. The van der Waals surface area contributed by atoms with Crippen molar-refractivity contribution in [1.82, 2.24) is 5.32 Å². The first-order chi connectivity index (χ1) is 8.02. The molecule has 0 saturated carbocycles. The Hall–Kier alpha value is -1.43. The number of halogens is 2. The Labute approximate surface area is 107 Å². The molecule has 4 nitrogen and oxygen atoms in total. The molecule has 1 aromatic rings. The summed E-state index contributed by atoms with van der Waals surface area (Å²) in [5.74, 6) is -1.29. The van der Waals surface area contributed by atoms with Gasteiger partial charge in [0.2, 0.25) is 5.91 Å². The number of rotatable bonds is 5. The molecule has 17 heavy (non-hydrogen) atoms. The van der Waals surface area contributed by atoms with Gasteiger partial charge in [-0.2, -0.15) is 0 Å². The van der Waals surface area contributed by atoms with Crippen LogP contribution in [0.5, 0.6) is 0 Å². The van der Waals surface area contributed by atoms with Crippen molar-refractivity contribution in [3.8, 4) is 0 Å². The highest BCUT2D eigenvalue weighted by Gasteiger charge is 2.12. The van der Waals surface area contributed by atoms with Crippen molar-refractivity contribution >= 4 is 27.7 Å². The van der Waals surface area contributed by atoms with Crippen molar-refractivity contribution in [2.24, 2.45) is 5.73 Å². The van der Waals surface area contributed by atoms with Gasteiger partial charge in [0.25, 0.3) is 5.91 Å². The zero-order valence-electron chi connectivity index (χ0n) is 9.00. The molecule has 1 aromatic carbocycles. The SMILES string of the molecule is NC(=O)CCCNC(=O)c1cccc(F)c1Br. The summed E-state index contributed by atoms with van der Waals surface area (Å²) in [4.78, 5) is 22.1. The second-order valence-corrected chi connectivity index (χ2v) is 4.22. The topological polar surface area (TPSA) is 72.2 Å². The summed E-state index contributed by atoms with van der Waals surface area (Å²) in [6.07, 6.45) is 0.679. The molecule has 0 heterocycles. The van der Waals surface area contributed by atoms with Crippen molar-refractivity contribution in [3.63, 3.8) is 0 Å². The maximum absolute atomic E-state index is 13.1. The summed E-state index contributed by atoms with van der Waals surface area (Å²) in [6.45, 7) is 0.324. The van der Waals surface area contributed by atoms with Gasteiger partial charge in [-0.1, -0.05) is 6.07 Å². The average Bonchev–Trinajstić information content (AvgIpc) is 2.27. The van der Waals surface area contributed by atoms with E-state index in [-0.39, 0.29) is 22.4 Å². The first-order valence-corrected chi connectivity index (χ1v) is 5.82. The van der Waals surface area contributed by atoms with E-state index < -0.39 is 11.7 Å². The minimum atomic E-state index is -0.491. The molecule has 0 bridgehead atoms. The predicted octanol–water partition coefficient (Wildman–Crippen LogP) is 1.58. The number of nitrogens with two attached hydrogens (primary N) is 1. The number of hydrogen-bond acceptors (Lipinski definition) is 2. The highest BCUT2D eigenvalue weighted by Crippen LogP contribution is 2.20. The van der Waals surface area contributed by atoms with E-state index in [0.717, 1.165) is 0 Å². The lowest BCUT2D eigenvalue weighted by molar-refractivity contribution is -0.118. The minimum Gasteiger partial charge on any atom is -0.370 e. The third-order valence-electron chi connectivity index (χ3n) is 2.08. The van der Waals surface area contributed by atoms with Crippen LogP contribution in [0, 0.1) is 5.82 Å². The van der Waals surface area contributed by atoms with Crippen LogP contribution in [0.2, 0.25) is 0 Å². The zero-order valence-corrected chi connectivity index (χ0v) is 10.6. The van der Waals surface area contributed by atoms with Crippen LogP contribution in [0.25, 0.3) is 0 Å². The van der Waals surface area contributed by atoms with E-state index in [1.165, 1.54) is 18.2 Å². The molecule has 0 aliphatic carbocycles. The van der Waals surface area contributed by atoms with Crippen LogP contribution in [0.4, 0.5) is 4.39 Å². The molecule has 0 unspecified atom stereocenters. The lowest BCUT2D eigenvalue weighted by Gasteiger charge is -2.06. The molecule has 0 spiro atoms. The van der Waals surface area contributed by atoms with Gasteiger partial charge >= 0.3 is 0 Å². The average molecular weight is 303 g/mol. The summed E-state index contributed by atoms with van der Waals surface area (Å²) in [5, 5.41) is 2.58. The summed E-state index contributed by atoms with van der Waals surface area (Å²) in [5.41, 5.74) is 5.18. The number of primary amides is 1. The molecule has 0 aromatic heterocycles. The second kappa shape index (κ2) is 6.34. The summed E-state index contributed by atoms with van der Waals surface area (Å²) >= 11 is 3.00. The van der Waals surface area contributed by atoms with Gasteiger partial charge in [0, 0.05) is 13.0 Å². The highest BCUT2D eigenvalue weighted by atomic mass is 79.9. The summed E-state index contributed by atoms with van der Waals surface area (Å²) < 4.78 is 13.3. The summed E-state index contributed by atoms with van der Waals surface area (Å²) in [7, 11) is 0. The van der Waals surface area contributed by atoms with Gasteiger partial charge in [-0.25, -0.2) is 4.39 Å². The maximum atomic E-state index is 13.1. The van der Waals surface area contributed by atoms with Crippen LogP contribution >= 0.6 is 15.9 Å². The first kappa shape index (κ1) is 13.6. The van der Waals surface area contributed by atoms with E-state index in [1.807, 2.05) is 0 Å². The van der Waals surface area contributed by atoms with Crippen molar-refractivity contribution < 1.29 is 14.0 Å². The van der Waals surface area contributed by atoms with Gasteiger partial charge in [-0.3, -0.25) is 9.59 Å². The number of carbonyl (C=O) groups is 2. The molecule has 0 aliphatic rings. The van der Waals surface area contributed by atoms with Gasteiger partial charge in [0.1, 0.15) is 5.82 Å². The number of amides is 2. The van der Waals surface area contributed by atoms with Crippen LogP contribution in [0.15, 0.2) is 22.7 Å². The Morgan fingerprint density at radius 2 is 2.12 bits per heavy atom. The molecule has 0 radical (unpaired) electrons. The number of benzene rings is 1. The molecule has 2 amide bonds. The van der Waals surface area contributed by atoms with Crippen molar-refractivity contribution in [2.45, 2.75) is 12.8 Å². The lowest BCUT2D eigenvalue weighted by atomic mass is 10.2. The Morgan fingerprint density at radius 1 is 1.41 bits per heavy atom. The van der Waals surface area contributed by atoms with Crippen molar-refractivity contribution in [2.75, 3.05) is 6.54 Å². The molecule has 92 valence electrons. The molecule has 0 aliphatic heterocycles. The third-order valence-corrected chi connectivity index (χ3v) is 2.89. The third kappa shape index (κ3) is 4.14. The molecule has 3 N–H and O–H groups in total. The standard InChI is InChI=1S/C11H12BrFN2O2/c12-10-7(3-1-4-8(10)13)11(17)15-6-2-5-9(14)16/h1,3-4H,2,5-6H2,(H2,14,16)(H,15,17). The zero-order chi connectivity index (χ0) is 12.8. The Balaban J connectivity index is 2.53. The van der Waals surface area contributed by atoms with Crippen LogP contribution in [-0.4, -0.2) is 18.4 Å². The Morgan fingerprint density at radius 3 is 2.76 bits per heavy atom. The van der Waals surface area contributed by atoms with E-state index in [4.69, 9.17) is 5.73 Å². The molecular formula is C11H12BrFN2O2. The first-order valence-electron chi connectivity index (χ1n) is 5.03. The fourth-order valence-electron chi connectivity index (χ4n) is 1.24. The smallest absolute Gasteiger partial charge is 0.252 e. The van der Waals surface area contributed by atoms with Gasteiger partial charge in [-0.15, -0.1) is 0 Å². The van der Waals surface area contributed by atoms with E-state index in [0.29, 0.717) is 13.0 Å². The molecule has 0 fully saturated rings. The number of hydrogen-bond donors (Lipinski definition) is 2. The molecule has 0 atom stereocenters. The van der Waals surface area contributed by atoms with Crippen LogP contribution < -0.4 is 11.1 Å². The van der Waals surface area contributed by atoms with E-state index in [1.54, 1.807) is 0 Å². The van der Waals surface area contributed by atoms with Crippen molar-refractivity contribution in [3.05, 3.63) is 34.1 Å². The largest absolute Gasteiger partial charge is 0.370 e. The Bertz CT molecular complexity index is 437. The molecule has 6 heteroatoms. The van der Waals surface area contributed by atoms with Gasteiger partial charge in [0.05, 0.1) is 10.0 Å². The summed E-state index contributed by atoms with van der Waals surface area (Å²) in [6, 6.07) is 4.23. The van der Waals surface area contributed by atoms with E-state index in [9.17, 15) is 14.0 Å². The van der Waals surface area contributed by atoms with Crippen LogP contribution in [0.1, 0.15) is 23.2 Å². The molecule has 0 saturated heterocycles. The predicted molar refractivity (Wildman–Crippen MR) is 64.9 cm³/mol. The minimum absolute atomic E-state index is 0.132. The second-order valence-electron chi connectivity index (χ2n) is 3.43. The van der Waals surface area contributed by atoms with Crippen LogP contribution in [0.3, 0.4) is 0 Å². The Kier molecular flexibility index (Phi) is 5.09. The van der Waals surface area contributed by atoms with Crippen LogP contribution in [-0.2, 0) is 4.79 Å². The highest BCUT2D eigenvalue weighted by molar-refractivity contribution is 9.10. The van der Waals surface area contributed by atoms with Crippen molar-refractivity contribution in [1.29, 1.82) is 0 Å². The molecular weight excluding hydrogens is 291 g/mol. The monoisotopic (exact) mass is 302 g/mol. The van der Waals surface area contributed by atoms with Gasteiger partial charge in [-0.05, 0) is 34.5 Å².